The smallest absolute Gasteiger partial charge is 0.295 e. The Morgan fingerprint density at radius 2 is 1.74 bits per heavy atom. The number of likely N-dealkylation sites (tertiary alicyclic amines) is 1. The van der Waals surface area contributed by atoms with Crippen molar-refractivity contribution < 1.29 is 23.8 Å². The summed E-state index contributed by atoms with van der Waals surface area (Å²) in [6.45, 7) is 3.44. The second-order valence-electron chi connectivity index (χ2n) is 7.47. The van der Waals surface area contributed by atoms with Crippen LogP contribution >= 0.6 is 15.9 Å². The Morgan fingerprint density at radius 3 is 2.42 bits per heavy atom. The van der Waals surface area contributed by atoms with E-state index in [1.165, 1.54) is 11.0 Å². The fourth-order valence-electron chi connectivity index (χ4n) is 3.97. The maximum atomic E-state index is 14.8. The quantitative estimate of drug-likeness (QED) is 0.397. The summed E-state index contributed by atoms with van der Waals surface area (Å²) in [6.07, 6.45) is 0. The molecule has 2 aliphatic heterocycles. The number of aliphatic hydroxyl groups excluding tert-OH is 1. The van der Waals surface area contributed by atoms with Crippen molar-refractivity contribution >= 4 is 33.4 Å². The molecule has 2 aromatic carbocycles. The van der Waals surface area contributed by atoms with Crippen molar-refractivity contribution in [3.8, 4) is 0 Å². The Bertz CT molecular complexity index is 1020. The van der Waals surface area contributed by atoms with E-state index < -0.39 is 23.5 Å². The molecule has 2 heterocycles. The number of ketones is 1. The van der Waals surface area contributed by atoms with Crippen molar-refractivity contribution in [1.82, 2.24) is 9.80 Å². The highest BCUT2D eigenvalue weighted by atomic mass is 79.9. The maximum absolute atomic E-state index is 14.8. The normalized spacial score (nSPS) is 21.6. The van der Waals surface area contributed by atoms with E-state index in [1.54, 1.807) is 42.5 Å². The van der Waals surface area contributed by atoms with E-state index >= 15 is 0 Å². The van der Waals surface area contributed by atoms with Gasteiger partial charge in [0.25, 0.3) is 11.7 Å². The Labute approximate surface area is 188 Å². The van der Waals surface area contributed by atoms with E-state index in [4.69, 9.17) is 4.74 Å². The lowest BCUT2D eigenvalue weighted by atomic mass is 9.95. The van der Waals surface area contributed by atoms with Crippen molar-refractivity contribution in [2.24, 2.45) is 0 Å². The van der Waals surface area contributed by atoms with Gasteiger partial charge in [-0.1, -0.05) is 46.3 Å². The SMILES string of the molecule is O=C1C(=O)N(CCN2CCOCC2)[C@@H](c2ccccc2F)/C1=C(\O)c1ccc(Br)cc1. The number of hydrogen-bond donors (Lipinski definition) is 1. The average molecular weight is 489 g/mol. The molecule has 2 saturated heterocycles. The van der Waals surface area contributed by atoms with Crippen LogP contribution in [0.15, 0.2) is 58.6 Å². The van der Waals surface area contributed by atoms with Gasteiger partial charge in [0.15, 0.2) is 0 Å². The summed E-state index contributed by atoms with van der Waals surface area (Å²) in [5.41, 5.74) is 0.470. The third-order valence-corrected chi connectivity index (χ3v) is 6.15. The van der Waals surface area contributed by atoms with Crippen LogP contribution in [0.25, 0.3) is 5.76 Å². The first-order chi connectivity index (χ1) is 15.0. The lowest BCUT2D eigenvalue weighted by Crippen LogP contribution is -2.42. The molecule has 0 bridgehead atoms. The van der Waals surface area contributed by atoms with Crippen molar-refractivity contribution in [2.45, 2.75) is 6.04 Å². The molecule has 4 rings (SSSR count). The number of benzene rings is 2. The number of nitrogens with zero attached hydrogens (tertiary/aromatic N) is 2. The number of morpholine rings is 1. The summed E-state index contributed by atoms with van der Waals surface area (Å²) >= 11 is 3.34. The van der Waals surface area contributed by atoms with Crippen LogP contribution in [0.5, 0.6) is 0 Å². The zero-order valence-electron chi connectivity index (χ0n) is 16.8. The summed E-state index contributed by atoms with van der Waals surface area (Å²) in [7, 11) is 0. The van der Waals surface area contributed by atoms with E-state index in [0.29, 0.717) is 25.3 Å². The lowest BCUT2D eigenvalue weighted by molar-refractivity contribution is -0.140. The second kappa shape index (κ2) is 9.30. The van der Waals surface area contributed by atoms with Crippen LogP contribution in [0.1, 0.15) is 17.2 Å². The highest BCUT2D eigenvalue weighted by Gasteiger charge is 2.46. The van der Waals surface area contributed by atoms with Gasteiger partial charge in [0, 0.05) is 41.8 Å². The largest absolute Gasteiger partial charge is 0.507 e. The van der Waals surface area contributed by atoms with Crippen molar-refractivity contribution in [2.75, 3.05) is 39.4 Å². The molecule has 1 amide bonds. The minimum atomic E-state index is -0.995. The monoisotopic (exact) mass is 488 g/mol. The molecule has 2 fully saturated rings. The fraction of sp³-hybridized carbons (Fsp3) is 0.304. The van der Waals surface area contributed by atoms with Crippen LogP contribution in [0.2, 0.25) is 0 Å². The molecule has 0 aliphatic carbocycles. The Hall–Kier alpha value is -2.55. The van der Waals surface area contributed by atoms with Gasteiger partial charge in [-0.15, -0.1) is 0 Å². The number of rotatable bonds is 5. The first-order valence-corrected chi connectivity index (χ1v) is 10.9. The van der Waals surface area contributed by atoms with Gasteiger partial charge in [0.1, 0.15) is 11.6 Å². The van der Waals surface area contributed by atoms with Gasteiger partial charge < -0.3 is 14.7 Å². The minimum absolute atomic E-state index is 0.0978. The van der Waals surface area contributed by atoms with E-state index in [1.807, 2.05) is 0 Å². The Kier molecular flexibility index (Phi) is 6.50. The van der Waals surface area contributed by atoms with Gasteiger partial charge in [-0.2, -0.15) is 0 Å². The van der Waals surface area contributed by atoms with E-state index in [9.17, 15) is 19.1 Å². The molecule has 0 radical (unpaired) electrons. The summed E-state index contributed by atoms with van der Waals surface area (Å²) < 4.78 is 20.9. The number of carbonyl (C=O) groups excluding carboxylic acids is 2. The van der Waals surface area contributed by atoms with E-state index in [0.717, 1.165) is 17.6 Å². The molecule has 8 heteroatoms. The van der Waals surface area contributed by atoms with Gasteiger partial charge in [-0.05, 0) is 18.2 Å². The molecule has 162 valence electrons. The molecule has 2 aromatic rings. The summed E-state index contributed by atoms with van der Waals surface area (Å²) in [4.78, 5) is 29.4. The van der Waals surface area contributed by atoms with Gasteiger partial charge in [0.05, 0.1) is 24.8 Å². The molecule has 0 unspecified atom stereocenters. The topological polar surface area (TPSA) is 70.1 Å². The number of Topliss-reactive ketones (excluding diaryl/α,β-unsaturated/α-hetero) is 1. The highest BCUT2D eigenvalue weighted by molar-refractivity contribution is 9.10. The maximum Gasteiger partial charge on any atom is 0.295 e. The summed E-state index contributed by atoms with van der Waals surface area (Å²) in [5, 5.41) is 11.0. The van der Waals surface area contributed by atoms with Crippen LogP contribution in [-0.4, -0.2) is 66.0 Å². The zero-order chi connectivity index (χ0) is 22.0. The zero-order valence-corrected chi connectivity index (χ0v) is 18.3. The lowest BCUT2D eigenvalue weighted by Gasteiger charge is -2.31. The molecule has 2 aliphatic rings. The Balaban J connectivity index is 1.75. The molecule has 0 aromatic heterocycles. The second-order valence-corrected chi connectivity index (χ2v) is 8.39. The van der Waals surface area contributed by atoms with Crippen molar-refractivity contribution in [1.29, 1.82) is 0 Å². The summed E-state index contributed by atoms with van der Waals surface area (Å²) in [5.74, 6) is -2.39. The molecule has 0 saturated carbocycles. The predicted octanol–water partition coefficient (Wildman–Crippen LogP) is 3.34. The molecule has 0 spiro atoms. The highest BCUT2D eigenvalue weighted by Crippen LogP contribution is 2.40. The van der Waals surface area contributed by atoms with Gasteiger partial charge in [-0.3, -0.25) is 14.5 Å². The molecule has 31 heavy (non-hydrogen) atoms. The predicted molar refractivity (Wildman–Crippen MR) is 117 cm³/mol. The van der Waals surface area contributed by atoms with E-state index in [-0.39, 0.29) is 23.4 Å². The van der Waals surface area contributed by atoms with Crippen LogP contribution < -0.4 is 0 Å². The number of hydrogen-bond acceptors (Lipinski definition) is 5. The molecule has 1 N–H and O–H groups in total. The number of amides is 1. The average Bonchev–Trinajstić information content (AvgIpc) is 3.03. The number of ether oxygens (including phenoxy) is 1. The summed E-state index contributed by atoms with van der Waals surface area (Å²) in [6, 6.07) is 11.8. The fourth-order valence-corrected chi connectivity index (χ4v) is 4.23. The molecule has 1 atom stereocenters. The van der Waals surface area contributed by atoms with Gasteiger partial charge in [-0.25, -0.2) is 4.39 Å². The van der Waals surface area contributed by atoms with Crippen LogP contribution in [0.4, 0.5) is 4.39 Å². The van der Waals surface area contributed by atoms with Crippen LogP contribution in [0.3, 0.4) is 0 Å². The standard InChI is InChI=1S/C23H22BrFN2O4/c24-16-7-5-15(6-8-16)21(28)19-20(17-3-1-2-4-18(17)25)27(23(30)22(19)29)10-9-26-11-13-31-14-12-26/h1-8,20,28H,9-14H2/b21-19+/t20-/m0/s1. The van der Waals surface area contributed by atoms with Crippen molar-refractivity contribution in [3.05, 3.63) is 75.5 Å². The minimum Gasteiger partial charge on any atom is -0.507 e. The third-order valence-electron chi connectivity index (χ3n) is 5.62. The van der Waals surface area contributed by atoms with Crippen LogP contribution in [0, 0.1) is 5.82 Å². The third kappa shape index (κ3) is 4.42. The van der Waals surface area contributed by atoms with Crippen LogP contribution in [-0.2, 0) is 14.3 Å². The molecular formula is C23H22BrFN2O4. The first-order valence-electron chi connectivity index (χ1n) is 10.1. The first kappa shape index (κ1) is 21.7. The molecular weight excluding hydrogens is 467 g/mol. The van der Waals surface area contributed by atoms with Gasteiger partial charge >= 0.3 is 0 Å². The number of aliphatic hydroxyl groups is 1. The van der Waals surface area contributed by atoms with Gasteiger partial charge in [0.2, 0.25) is 0 Å². The number of carbonyl (C=O) groups is 2. The van der Waals surface area contributed by atoms with Crippen molar-refractivity contribution in [3.63, 3.8) is 0 Å². The van der Waals surface area contributed by atoms with E-state index in [2.05, 4.69) is 20.8 Å². The Morgan fingerprint density at radius 1 is 1.06 bits per heavy atom. The number of halogens is 2. The molecule has 6 nitrogen and oxygen atoms in total.